The van der Waals surface area contributed by atoms with Crippen molar-refractivity contribution in [3.05, 3.63) is 88.3 Å². The zero-order valence-electron chi connectivity index (χ0n) is 22.6. The van der Waals surface area contributed by atoms with E-state index >= 15 is 0 Å². The summed E-state index contributed by atoms with van der Waals surface area (Å²) in [5.74, 6) is 1.93. The molecule has 2 heterocycles. The summed E-state index contributed by atoms with van der Waals surface area (Å²) in [7, 11) is 1.72. The zero-order valence-corrected chi connectivity index (χ0v) is 22.6. The number of ether oxygens (including phenoxy) is 4. The summed E-state index contributed by atoms with van der Waals surface area (Å²) in [4.78, 5) is 14.1. The number of nitrogens with one attached hydrogen (secondary N) is 1. The minimum atomic E-state index is -0.453. The van der Waals surface area contributed by atoms with Gasteiger partial charge in [-0.1, -0.05) is 29.4 Å². The lowest BCUT2D eigenvalue weighted by molar-refractivity contribution is 0.00539. The Morgan fingerprint density at radius 2 is 1.98 bits per heavy atom. The van der Waals surface area contributed by atoms with Gasteiger partial charge in [-0.15, -0.1) is 0 Å². The Morgan fingerprint density at radius 3 is 2.77 bits per heavy atom. The van der Waals surface area contributed by atoms with Crippen LogP contribution in [0.5, 0.6) is 17.2 Å². The Kier molecular flexibility index (Phi) is 9.24. The number of piperidine rings is 1. The Balaban J connectivity index is 1.28. The molecule has 3 aromatic carbocycles. The molecule has 0 aliphatic carbocycles. The quantitative estimate of drug-likeness (QED) is 0.267. The maximum absolute atomic E-state index is 11.8. The molecule has 2 aliphatic rings. The van der Waals surface area contributed by atoms with Gasteiger partial charge < -0.3 is 29.2 Å². The van der Waals surface area contributed by atoms with E-state index in [1.807, 2.05) is 42.5 Å². The summed E-state index contributed by atoms with van der Waals surface area (Å²) in [5.41, 5.74) is 3.63. The van der Waals surface area contributed by atoms with E-state index in [1.54, 1.807) is 25.3 Å². The van der Waals surface area contributed by atoms with Gasteiger partial charge in [-0.2, -0.15) is 10.2 Å². The van der Waals surface area contributed by atoms with E-state index in [-0.39, 0.29) is 12.0 Å². The summed E-state index contributed by atoms with van der Waals surface area (Å²) >= 11 is 0. The first-order valence-electron chi connectivity index (χ1n) is 13.6. The van der Waals surface area contributed by atoms with E-state index in [4.69, 9.17) is 24.2 Å². The number of rotatable bonds is 11. The third-order valence-electron chi connectivity index (χ3n) is 7.34. The van der Waals surface area contributed by atoms with Crippen molar-refractivity contribution in [2.45, 2.75) is 31.1 Å². The maximum atomic E-state index is 11.8. The van der Waals surface area contributed by atoms with E-state index in [1.165, 1.54) is 0 Å². The number of hydrogen-bond donors (Lipinski definition) is 1. The van der Waals surface area contributed by atoms with Crippen molar-refractivity contribution >= 4 is 5.69 Å². The second-order valence-corrected chi connectivity index (χ2v) is 10.0. The summed E-state index contributed by atoms with van der Waals surface area (Å²) in [6.07, 6.45) is 0.711. The first-order valence-corrected chi connectivity index (χ1v) is 13.6. The van der Waals surface area contributed by atoms with Gasteiger partial charge >= 0.3 is 0 Å². The number of nitrogens with zero attached hydrogens (tertiary/aromatic N) is 3. The molecular formula is C31H34N4O5. The highest BCUT2D eigenvalue weighted by atomic mass is 16.5. The van der Waals surface area contributed by atoms with Crippen molar-refractivity contribution in [1.29, 1.82) is 5.26 Å². The Morgan fingerprint density at radius 1 is 1.10 bits per heavy atom. The van der Waals surface area contributed by atoms with Crippen LogP contribution in [0, 0.1) is 16.2 Å². The van der Waals surface area contributed by atoms with E-state index in [2.05, 4.69) is 27.5 Å². The number of hydrogen-bond acceptors (Lipinski definition) is 9. The lowest BCUT2D eigenvalue weighted by atomic mass is 9.84. The summed E-state index contributed by atoms with van der Waals surface area (Å²) in [5, 5.41) is 15.9. The SMILES string of the molecule is COCCCN1CCOc2ccc(CO[C@H]3CNCC(N=O)[C@@H]3c3ccc(Oc4cccc(C#N)c4)cc3)cc21. The maximum Gasteiger partial charge on any atom is 0.142 e. The number of fused-ring (bicyclic) bond motifs is 1. The van der Waals surface area contributed by atoms with Crippen molar-refractivity contribution in [2.75, 3.05) is 51.4 Å². The second-order valence-electron chi connectivity index (χ2n) is 10.0. The molecule has 1 unspecified atom stereocenters. The van der Waals surface area contributed by atoms with Crippen LogP contribution in [0.3, 0.4) is 0 Å². The van der Waals surface area contributed by atoms with Crippen LogP contribution in [-0.4, -0.2) is 58.6 Å². The highest BCUT2D eigenvalue weighted by molar-refractivity contribution is 5.61. The topological polar surface area (TPSA) is 105 Å². The van der Waals surface area contributed by atoms with Gasteiger partial charge in [0, 0.05) is 39.3 Å². The van der Waals surface area contributed by atoms with Crippen LogP contribution in [0.2, 0.25) is 0 Å². The zero-order chi connectivity index (χ0) is 27.7. The number of nitriles is 1. The molecule has 9 nitrogen and oxygen atoms in total. The molecule has 0 spiro atoms. The Bertz CT molecular complexity index is 1330. The molecule has 2 aliphatic heterocycles. The van der Waals surface area contributed by atoms with Crippen molar-refractivity contribution in [3.8, 4) is 23.3 Å². The molecule has 208 valence electrons. The van der Waals surface area contributed by atoms with Gasteiger partial charge in [0.25, 0.3) is 0 Å². The van der Waals surface area contributed by atoms with Crippen molar-refractivity contribution in [1.82, 2.24) is 5.32 Å². The first-order chi connectivity index (χ1) is 19.7. The third-order valence-corrected chi connectivity index (χ3v) is 7.34. The number of benzene rings is 3. The third kappa shape index (κ3) is 6.59. The smallest absolute Gasteiger partial charge is 0.142 e. The highest BCUT2D eigenvalue weighted by Gasteiger charge is 2.36. The molecule has 0 amide bonds. The molecule has 1 fully saturated rings. The van der Waals surface area contributed by atoms with Crippen LogP contribution >= 0.6 is 0 Å². The number of methoxy groups -OCH3 is 1. The molecule has 1 N–H and O–H groups in total. The first kappa shape index (κ1) is 27.6. The molecule has 3 atom stereocenters. The second kappa shape index (κ2) is 13.4. The normalized spacial score (nSPS) is 20.2. The van der Waals surface area contributed by atoms with E-state index in [9.17, 15) is 4.91 Å². The highest BCUT2D eigenvalue weighted by Crippen LogP contribution is 2.35. The van der Waals surface area contributed by atoms with Crippen LogP contribution in [0.15, 0.2) is 71.9 Å². The van der Waals surface area contributed by atoms with Gasteiger partial charge in [0.2, 0.25) is 0 Å². The van der Waals surface area contributed by atoms with Crippen molar-refractivity contribution in [3.63, 3.8) is 0 Å². The Labute approximate surface area is 234 Å². The molecule has 0 radical (unpaired) electrons. The molecule has 0 saturated carbocycles. The van der Waals surface area contributed by atoms with Gasteiger partial charge in [-0.3, -0.25) is 0 Å². The molecule has 40 heavy (non-hydrogen) atoms. The lowest BCUT2D eigenvalue weighted by Crippen LogP contribution is -2.48. The lowest BCUT2D eigenvalue weighted by Gasteiger charge is -2.36. The van der Waals surface area contributed by atoms with Crippen LogP contribution in [0.1, 0.15) is 29.0 Å². The summed E-state index contributed by atoms with van der Waals surface area (Å²) in [6, 6.07) is 22.5. The number of nitroso groups, excluding NO2 is 1. The summed E-state index contributed by atoms with van der Waals surface area (Å²) in [6.45, 7) is 4.66. The molecule has 5 rings (SSSR count). The molecule has 3 aromatic rings. The summed E-state index contributed by atoms with van der Waals surface area (Å²) < 4.78 is 23.5. The Hall–Kier alpha value is -3.97. The average Bonchev–Trinajstić information content (AvgIpc) is 3.00. The van der Waals surface area contributed by atoms with Crippen molar-refractivity contribution < 1.29 is 18.9 Å². The molecule has 0 aromatic heterocycles. The molecular weight excluding hydrogens is 508 g/mol. The fourth-order valence-corrected chi connectivity index (χ4v) is 5.34. The predicted molar refractivity (Wildman–Crippen MR) is 152 cm³/mol. The fraction of sp³-hybridized carbons (Fsp3) is 0.387. The van der Waals surface area contributed by atoms with Gasteiger partial charge in [0.1, 0.15) is 29.9 Å². The largest absolute Gasteiger partial charge is 0.490 e. The van der Waals surface area contributed by atoms with Crippen LogP contribution in [0.4, 0.5) is 5.69 Å². The van der Waals surface area contributed by atoms with Crippen molar-refractivity contribution in [2.24, 2.45) is 5.18 Å². The van der Waals surface area contributed by atoms with Gasteiger partial charge in [0.05, 0.1) is 36.6 Å². The molecule has 9 heteroatoms. The fourth-order valence-electron chi connectivity index (χ4n) is 5.34. The molecule has 0 bridgehead atoms. The van der Waals surface area contributed by atoms with E-state index in [0.717, 1.165) is 48.7 Å². The van der Waals surface area contributed by atoms with Gasteiger partial charge in [-0.25, -0.2) is 0 Å². The molecule has 1 saturated heterocycles. The van der Waals surface area contributed by atoms with Gasteiger partial charge in [-0.05, 0) is 60.0 Å². The van der Waals surface area contributed by atoms with Gasteiger partial charge in [0.15, 0.2) is 0 Å². The van der Waals surface area contributed by atoms with Crippen LogP contribution < -0.4 is 19.7 Å². The number of anilines is 1. The van der Waals surface area contributed by atoms with E-state index < -0.39 is 6.04 Å². The van der Waals surface area contributed by atoms with Crippen LogP contribution in [-0.2, 0) is 16.1 Å². The predicted octanol–water partition coefficient (Wildman–Crippen LogP) is 4.99. The monoisotopic (exact) mass is 542 g/mol. The van der Waals surface area contributed by atoms with Crippen LogP contribution in [0.25, 0.3) is 0 Å². The minimum Gasteiger partial charge on any atom is -0.490 e. The average molecular weight is 543 g/mol. The minimum absolute atomic E-state index is 0.193. The standard InChI is InChI=1S/C31H34N4O5/c1-37-14-3-12-35-13-15-38-29-11-6-23(17-28(29)35)21-39-30-20-33-19-27(34-36)31(30)24-7-9-25(10-8-24)40-26-5-2-4-22(16-26)18-32/h2,4-11,16-17,27,30-31,33H,3,12-15,19-21H2,1H3/t27?,30-,31-/m0/s1. The van der Waals surface area contributed by atoms with E-state index in [0.29, 0.717) is 43.4 Å².